The summed E-state index contributed by atoms with van der Waals surface area (Å²) in [5.74, 6) is 0.0863. The zero-order valence-corrected chi connectivity index (χ0v) is 19.5. The van der Waals surface area contributed by atoms with Gasteiger partial charge in [0.2, 0.25) is 0 Å². The van der Waals surface area contributed by atoms with Crippen molar-refractivity contribution in [2.45, 2.75) is 20.0 Å². The first-order chi connectivity index (χ1) is 16.6. The summed E-state index contributed by atoms with van der Waals surface area (Å²) >= 11 is 6.28. The lowest BCUT2D eigenvalue weighted by Gasteiger charge is -2.13. The van der Waals surface area contributed by atoms with Gasteiger partial charge >= 0.3 is 0 Å². The van der Waals surface area contributed by atoms with E-state index in [0.29, 0.717) is 22.0 Å². The molecule has 0 bridgehead atoms. The van der Waals surface area contributed by atoms with Crippen LogP contribution in [0.1, 0.15) is 23.6 Å². The van der Waals surface area contributed by atoms with E-state index in [1.165, 1.54) is 5.56 Å². The summed E-state index contributed by atoms with van der Waals surface area (Å²) in [6.07, 6.45) is 2.50. The Kier molecular flexibility index (Phi) is 7.27. The van der Waals surface area contributed by atoms with E-state index in [4.69, 9.17) is 16.3 Å². The van der Waals surface area contributed by atoms with Crippen LogP contribution in [0.15, 0.2) is 90.5 Å². The fraction of sp³-hybridized carbons (Fsp3) is 0.103. The summed E-state index contributed by atoms with van der Waals surface area (Å²) in [5, 5.41) is 15.1. The summed E-state index contributed by atoms with van der Waals surface area (Å²) in [5.41, 5.74) is 3.30. The molecule has 4 aromatic carbocycles. The fourth-order valence-corrected chi connectivity index (χ4v) is 3.83. The number of rotatable bonds is 7. The normalized spacial score (nSPS) is 11.1. The van der Waals surface area contributed by atoms with Crippen molar-refractivity contribution in [3.05, 3.63) is 112 Å². The summed E-state index contributed by atoms with van der Waals surface area (Å²) in [4.78, 5) is 12.9. The van der Waals surface area contributed by atoms with Gasteiger partial charge in [-0.3, -0.25) is 4.79 Å². The first-order valence-corrected chi connectivity index (χ1v) is 11.4. The quantitative estimate of drug-likeness (QED) is 0.232. The van der Waals surface area contributed by atoms with Crippen molar-refractivity contribution >= 4 is 40.0 Å². The molecule has 4 aromatic rings. The maximum atomic E-state index is 12.9. The molecular formula is C29H23ClN2O2. The highest BCUT2D eigenvalue weighted by atomic mass is 35.5. The number of ether oxygens (including phenoxy) is 1. The van der Waals surface area contributed by atoms with Gasteiger partial charge in [-0.15, -0.1) is 0 Å². The molecule has 0 fully saturated rings. The number of nitriles is 1. The maximum Gasteiger partial charge on any atom is 0.266 e. The van der Waals surface area contributed by atoms with Crippen LogP contribution in [0.25, 0.3) is 16.8 Å². The highest BCUT2D eigenvalue weighted by Crippen LogP contribution is 2.31. The standard InChI is InChI=1S/C29H23ClN2O2/c1-2-20-11-14-24(15-12-20)32-29(33)23(18-31)17-26-25-9-5-3-7-21(25)13-16-28(26)34-19-22-8-4-6-10-27(22)30/h3-17H,2,19H2,1H3,(H,32,33)/b23-17-. The minimum atomic E-state index is -0.475. The van der Waals surface area contributed by atoms with E-state index >= 15 is 0 Å². The Labute approximate surface area is 204 Å². The maximum absolute atomic E-state index is 12.9. The zero-order chi connectivity index (χ0) is 23.9. The van der Waals surface area contributed by atoms with Crippen molar-refractivity contribution in [3.8, 4) is 11.8 Å². The number of hydrogen-bond acceptors (Lipinski definition) is 3. The van der Waals surface area contributed by atoms with Crippen molar-refractivity contribution in [1.82, 2.24) is 0 Å². The second kappa shape index (κ2) is 10.7. The Morgan fingerprint density at radius 2 is 1.74 bits per heavy atom. The van der Waals surface area contributed by atoms with Crippen molar-refractivity contribution in [2.24, 2.45) is 0 Å². The van der Waals surface area contributed by atoms with Crippen LogP contribution >= 0.6 is 11.6 Å². The molecule has 0 aliphatic heterocycles. The highest BCUT2D eigenvalue weighted by Gasteiger charge is 2.14. The number of halogens is 1. The zero-order valence-electron chi connectivity index (χ0n) is 18.7. The SMILES string of the molecule is CCc1ccc(NC(=O)/C(C#N)=C\c2c(OCc3ccccc3Cl)ccc3ccccc23)cc1. The molecular weight excluding hydrogens is 444 g/mol. The summed E-state index contributed by atoms with van der Waals surface area (Å²) < 4.78 is 6.11. The van der Waals surface area contributed by atoms with Crippen molar-refractivity contribution in [1.29, 1.82) is 5.26 Å². The van der Waals surface area contributed by atoms with Gasteiger partial charge in [0.15, 0.2) is 0 Å². The van der Waals surface area contributed by atoms with Gasteiger partial charge < -0.3 is 10.1 Å². The lowest BCUT2D eigenvalue weighted by molar-refractivity contribution is -0.112. The largest absolute Gasteiger partial charge is 0.488 e. The van der Waals surface area contributed by atoms with E-state index in [0.717, 1.165) is 22.8 Å². The van der Waals surface area contributed by atoms with E-state index in [2.05, 4.69) is 12.2 Å². The van der Waals surface area contributed by atoms with Gasteiger partial charge in [0.05, 0.1) is 0 Å². The van der Waals surface area contributed by atoms with Crippen LogP contribution in [0.4, 0.5) is 5.69 Å². The first kappa shape index (κ1) is 23.1. The lowest BCUT2D eigenvalue weighted by atomic mass is 10.0. The fourth-order valence-electron chi connectivity index (χ4n) is 3.64. The van der Waals surface area contributed by atoms with Crippen molar-refractivity contribution in [2.75, 3.05) is 5.32 Å². The topological polar surface area (TPSA) is 62.1 Å². The number of amides is 1. The Morgan fingerprint density at radius 3 is 2.47 bits per heavy atom. The van der Waals surface area contributed by atoms with Crippen LogP contribution in [-0.2, 0) is 17.8 Å². The number of fused-ring (bicyclic) bond motifs is 1. The van der Waals surface area contributed by atoms with Crippen LogP contribution < -0.4 is 10.1 Å². The Hall–Kier alpha value is -4.07. The molecule has 1 N–H and O–H groups in total. The lowest BCUT2D eigenvalue weighted by Crippen LogP contribution is -2.13. The van der Waals surface area contributed by atoms with E-state index < -0.39 is 5.91 Å². The van der Waals surface area contributed by atoms with E-state index in [9.17, 15) is 10.1 Å². The molecule has 0 radical (unpaired) electrons. The highest BCUT2D eigenvalue weighted by molar-refractivity contribution is 6.31. The van der Waals surface area contributed by atoms with Gasteiger partial charge in [0, 0.05) is 21.8 Å². The van der Waals surface area contributed by atoms with Gasteiger partial charge in [0.1, 0.15) is 24.0 Å². The molecule has 0 aliphatic carbocycles. The second-order valence-corrected chi connectivity index (χ2v) is 8.16. The van der Waals surface area contributed by atoms with Crippen molar-refractivity contribution < 1.29 is 9.53 Å². The van der Waals surface area contributed by atoms with Crippen LogP contribution in [-0.4, -0.2) is 5.91 Å². The molecule has 1 amide bonds. The first-order valence-electron chi connectivity index (χ1n) is 11.0. The molecule has 0 unspecified atom stereocenters. The number of aryl methyl sites for hydroxylation is 1. The van der Waals surface area contributed by atoms with Crippen molar-refractivity contribution in [3.63, 3.8) is 0 Å². The number of carbonyl (C=O) groups excluding carboxylic acids is 1. The molecule has 4 nitrogen and oxygen atoms in total. The molecule has 0 atom stereocenters. The Bertz CT molecular complexity index is 1400. The van der Waals surface area contributed by atoms with Crippen LogP contribution in [0, 0.1) is 11.3 Å². The Morgan fingerprint density at radius 1 is 1.00 bits per heavy atom. The molecule has 5 heteroatoms. The number of nitrogens with zero attached hydrogens (tertiary/aromatic N) is 1. The molecule has 0 saturated heterocycles. The van der Waals surface area contributed by atoms with Gasteiger partial charge in [0.25, 0.3) is 5.91 Å². The predicted molar refractivity (Wildman–Crippen MR) is 138 cm³/mol. The molecule has 0 heterocycles. The molecule has 0 aliphatic rings. The number of nitrogens with one attached hydrogen (secondary N) is 1. The van der Waals surface area contributed by atoms with E-state index in [-0.39, 0.29) is 12.2 Å². The summed E-state index contributed by atoms with van der Waals surface area (Å²) in [7, 11) is 0. The molecule has 0 aromatic heterocycles. The Balaban J connectivity index is 1.68. The minimum absolute atomic E-state index is 0.0153. The van der Waals surface area contributed by atoms with E-state index in [1.54, 1.807) is 6.08 Å². The smallest absolute Gasteiger partial charge is 0.266 e. The third kappa shape index (κ3) is 5.28. The third-order valence-electron chi connectivity index (χ3n) is 5.55. The van der Waals surface area contributed by atoms with Gasteiger partial charge in [-0.2, -0.15) is 5.26 Å². The number of anilines is 1. The van der Waals surface area contributed by atoms with E-state index in [1.807, 2.05) is 91.0 Å². The summed E-state index contributed by atoms with van der Waals surface area (Å²) in [6.45, 7) is 2.33. The second-order valence-electron chi connectivity index (χ2n) is 7.75. The van der Waals surface area contributed by atoms with Crippen LogP contribution in [0.3, 0.4) is 0 Å². The molecule has 34 heavy (non-hydrogen) atoms. The van der Waals surface area contributed by atoms with Crippen LogP contribution in [0.5, 0.6) is 5.75 Å². The molecule has 0 spiro atoms. The molecule has 4 rings (SSSR count). The van der Waals surface area contributed by atoms with Gasteiger partial charge in [-0.1, -0.05) is 79.2 Å². The molecule has 0 saturated carbocycles. The van der Waals surface area contributed by atoms with Gasteiger partial charge in [-0.25, -0.2) is 0 Å². The average molecular weight is 467 g/mol. The predicted octanol–water partition coefficient (Wildman–Crippen LogP) is 7.18. The molecule has 168 valence electrons. The number of hydrogen-bond donors (Lipinski definition) is 1. The number of carbonyl (C=O) groups is 1. The van der Waals surface area contributed by atoms with Crippen LogP contribution in [0.2, 0.25) is 5.02 Å². The third-order valence-corrected chi connectivity index (χ3v) is 5.91. The number of benzene rings is 4. The monoisotopic (exact) mass is 466 g/mol. The average Bonchev–Trinajstić information content (AvgIpc) is 2.87. The summed E-state index contributed by atoms with van der Waals surface area (Å²) in [6, 6.07) is 28.7. The minimum Gasteiger partial charge on any atom is -0.488 e. The van der Waals surface area contributed by atoms with Gasteiger partial charge in [-0.05, 0) is 53.1 Å².